The quantitative estimate of drug-likeness (QED) is 0.326. The van der Waals surface area contributed by atoms with Gasteiger partial charge in [0.05, 0.1) is 12.5 Å². The molecule has 1 aliphatic rings. The summed E-state index contributed by atoms with van der Waals surface area (Å²) in [6.45, 7) is -0.181. The van der Waals surface area contributed by atoms with E-state index in [9.17, 15) is 18.0 Å². The molecular weight excluding hydrogens is 575 g/mol. The van der Waals surface area contributed by atoms with Gasteiger partial charge >= 0.3 is 5.97 Å². The Kier molecular flexibility index (Phi) is 7.47. The Morgan fingerprint density at radius 2 is 1.85 bits per heavy atom. The van der Waals surface area contributed by atoms with Crippen LogP contribution in [0.3, 0.4) is 0 Å². The van der Waals surface area contributed by atoms with Crippen molar-refractivity contribution in [2.24, 2.45) is 0 Å². The van der Waals surface area contributed by atoms with Gasteiger partial charge in [0.25, 0.3) is 15.9 Å². The number of carbonyl (C=O) groups excluding carboxylic acids is 2. The first-order valence-electron chi connectivity index (χ1n) is 10.2. The molecule has 2 heterocycles. The van der Waals surface area contributed by atoms with Gasteiger partial charge in [-0.25, -0.2) is 8.42 Å². The molecule has 33 heavy (non-hydrogen) atoms. The van der Waals surface area contributed by atoms with Crippen LogP contribution in [0.2, 0.25) is 0 Å². The number of hydrogen-bond acceptors (Lipinski definition) is 6. The summed E-state index contributed by atoms with van der Waals surface area (Å²) in [4.78, 5) is 24.8. The molecule has 0 saturated heterocycles. The van der Waals surface area contributed by atoms with Gasteiger partial charge in [0.2, 0.25) is 0 Å². The first-order chi connectivity index (χ1) is 15.8. The molecular formula is C23H21IN2O5S2. The lowest BCUT2D eigenvalue weighted by atomic mass is 9.92. The summed E-state index contributed by atoms with van der Waals surface area (Å²) in [6, 6.07) is 17.3. The van der Waals surface area contributed by atoms with E-state index in [0.29, 0.717) is 12.1 Å². The van der Waals surface area contributed by atoms with E-state index in [1.165, 1.54) is 4.31 Å². The minimum atomic E-state index is -3.77. The smallest absolute Gasteiger partial charge is 0.308 e. The number of nitrogens with one attached hydrogen (secondary N) is 1. The second kappa shape index (κ2) is 10.3. The Hall–Kier alpha value is -2.28. The molecule has 0 saturated carbocycles. The number of thiophene rings is 1. The van der Waals surface area contributed by atoms with Crippen molar-refractivity contribution in [2.75, 3.05) is 18.5 Å². The van der Waals surface area contributed by atoms with Gasteiger partial charge in [-0.2, -0.15) is 4.31 Å². The summed E-state index contributed by atoms with van der Waals surface area (Å²) < 4.78 is 34.4. The second-order valence-corrected chi connectivity index (χ2v) is 11.7. The fraction of sp³-hybridized carbons (Fsp3) is 0.217. The molecule has 1 amide bonds. The fourth-order valence-corrected chi connectivity index (χ4v) is 6.83. The SMILES string of the molecule is O=C(COC(=O)C[C@H]1c2ccccc2CCN1S(=O)(=O)c1cccs1)Nc1ccc(I)cc1. The fourth-order valence-electron chi connectivity index (χ4n) is 3.75. The van der Waals surface area contributed by atoms with Crippen LogP contribution in [0, 0.1) is 3.57 Å². The average molecular weight is 596 g/mol. The Morgan fingerprint density at radius 3 is 2.58 bits per heavy atom. The predicted molar refractivity (Wildman–Crippen MR) is 134 cm³/mol. The van der Waals surface area contributed by atoms with Gasteiger partial charge in [-0.1, -0.05) is 30.3 Å². The average Bonchev–Trinajstić information content (AvgIpc) is 3.35. The van der Waals surface area contributed by atoms with E-state index in [4.69, 9.17) is 4.74 Å². The lowest BCUT2D eigenvalue weighted by Crippen LogP contribution is -2.41. The topological polar surface area (TPSA) is 92.8 Å². The monoisotopic (exact) mass is 596 g/mol. The number of esters is 1. The van der Waals surface area contributed by atoms with Gasteiger partial charge in [0.1, 0.15) is 4.21 Å². The highest BCUT2D eigenvalue weighted by molar-refractivity contribution is 14.1. The van der Waals surface area contributed by atoms with Crippen molar-refractivity contribution in [1.29, 1.82) is 0 Å². The highest BCUT2D eigenvalue weighted by atomic mass is 127. The third-order valence-corrected chi connectivity index (χ3v) is 9.27. The first-order valence-corrected chi connectivity index (χ1v) is 13.6. The summed E-state index contributed by atoms with van der Waals surface area (Å²) >= 11 is 3.31. The van der Waals surface area contributed by atoms with Crippen molar-refractivity contribution >= 4 is 61.5 Å². The minimum absolute atomic E-state index is 0.182. The number of hydrogen-bond donors (Lipinski definition) is 1. The molecule has 0 bridgehead atoms. The van der Waals surface area contributed by atoms with E-state index in [1.807, 2.05) is 36.4 Å². The molecule has 1 N–H and O–H groups in total. The molecule has 0 fully saturated rings. The zero-order chi connectivity index (χ0) is 23.4. The van der Waals surface area contributed by atoms with Crippen LogP contribution in [0.1, 0.15) is 23.6 Å². The van der Waals surface area contributed by atoms with Crippen LogP contribution in [0.5, 0.6) is 0 Å². The highest BCUT2D eigenvalue weighted by Crippen LogP contribution is 2.37. The number of sulfonamides is 1. The molecule has 0 spiro atoms. The summed E-state index contributed by atoms with van der Waals surface area (Å²) in [7, 11) is -3.77. The molecule has 3 aromatic rings. The predicted octanol–water partition coefficient (Wildman–Crippen LogP) is 4.21. The number of benzene rings is 2. The van der Waals surface area contributed by atoms with Crippen LogP contribution in [0.15, 0.2) is 70.3 Å². The maximum absolute atomic E-state index is 13.3. The number of rotatable bonds is 7. The normalized spacial score (nSPS) is 16.1. The van der Waals surface area contributed by atoms with Crippen LogP contribution in [0.4, 0.5) is 5.69 Å². The van der Waals surface area contributed by atoms with Gasteiger partial charge in [-0.05, 0) is 75.9 Å². The van der Waals surface area contributed by atoms with Crippen molar-refractivity contribution in [3.63, 3.8) is 0 Å². The van der Waals surface area contributed by atoms with Gasteiger partial charge in [0, 0.05) is 15.8 Å². The van der Waals surface area contributed by atoms with Crippen LogP contribution in [-0.2, 0) is 30.8 Å². The third kappa shape index (κ3) is 5.62. The number of amides is 1. The van der Waals surface area contributed by atoms with Gasteiger partial charge < -0.3 is 10.1 Å². The molecule has 0 aliphatic carbocycles. The molecule has 10 heteroatoms. The zero-order valence-corrected chi connectivity index (χ0v) is 21.2. The van der Waals surface area contributed by atoms with Crippen LogP contribution in [-0.4, -0.2) is 37.8 Å². The Balaban J connectivity index is 1.46. The number of ether oxygens (including phenoxy) is 1. The van der Waals surface area contributed by atoms with Crippen molar-refractivity contribution in [3.8, 4) is 0 Å². The molecule has 1 atom stereocenters. The van der Waals surface area contributed by atoms with Crippen LogP contribution < -0.4 is 5.32 Å². The Bertz CT molecular complexity index is 1240. The maximum atomic E-state index is 13.3. The van der Waals surface area contributed by atoms with Crippen LogP contribution in [0.25, 0.3) is 0 Å². The number of carbonyl (C=O) groups is 2. The molecule has 0 radical (unpaired) electrons. The van der Waals surface area contributed by atoms with E-state index in [0.717, 1.165) is 26.0 Å². The van der Waals surface area contributed by atoms with Gasteiger partial charge in [-0.15, -0.1) is 11.3 Å². The summed E-state index contributed by atoms with van der Waals surface area (Å²) in [6.07, 6.45) is 0.378. The van der Waals surface area contributed by atoms with Crippen molar-refractivity contribution < 1.29 is 22.7 Å². The third-order valence-electron chi connectivity index (χ3n) is 5.27. The number of fused-ring (bicyclic) bond motifs is 1. The first kappa shape index (κ1) is 23.9. The minimum Gasteiger partial charge on any atom is -0.456 e. The van der Waals surface area contributed by atoms with Crippen molar-refractivity contribution in [3.05, 3.63) is 80.7 Å². The molecule has 7 nitrogen and oxygen atoms in total. The number of halogens is 1. The molecule has 2 aromatic carbocycles. The Labute approximate surface area is 210 Å². The van der Waals surface area contributed by atoms with E-state index in [2.05, 4.69) is 27.9 Å². The van der Waals surface area contributed by atoms with E-state index < -0.39 is 34.5 Å². The van der Waals surface area contributed by atoms with Crippen molar-refractivity contribution in [1.82, 2.24) is 4.31 Å². The van der Waals surface area contributed by atoms with E-state index in [1.54, 1.807) is 29.6 Å². The maximum Gasteiger partial charge on any atom is 0.308 e. The van der Waals surface area contributed by atoms with E-state index in [-0.39, 0.29) is 17.2 Å². The highest BCUT2D eigenvalue weighted by Gasteiger charge is 2.38. The van der Waals surface area contributed by atoms with Gasteiger partial charge in [-0.3, -0.25) is 9.59 Å². The molecule has 1 aromatic heterocycles. The lowest BCUT2D eigenvalue weighted by molar-refractivity contribution is -0.148. The second-order valence-electron chi connectivity index (χ2n) is 7.43. The van der Waals surface area contributed by atoms with E-state index >= 15 is 0 Å². The van der Waals surface area contributed by atoms with Crippen LogP contribution >= 0.6 is 33.9 Å². The summed E-state index contributed by atoms with van der Waals surface area (Å²) in [5.74, 6) is -1.10. The summed E-state index contributed by atoms with van der Waals surface area (Å²) in [5, 5.41) is 4.38. The summed E-state index contributed by atoms with van der Waals surface area (Å²) in [5.41, 5.74) is 2.39. The number of anilines is 1. The zero-order valence-electron chi connectivity index (χ0n) is 17.4. The van der Waals surface area contributed by atoms with Crippen molar-refractivity contribution in [2.45, 2.75) is 23.1 Å². The largest absolute Gasteiger partial charge is 0.456 e. The van der Waals surface area contributed by atoms with Gasteiger partial charge in [0.15, 0.2) is 6.61 Å². The Morgan fingerprint density at radius 1 is 1.09 bits per heavy atom. The standard InChI is InChI=1S/C23H21IN2O5S2/c24-17-7-9-18(10-8-17)25-21(27)15-31-22(28)14-20-19-5-2-1-4-16(19)11-12-26(20)33(29,30)23-6-3-13-32-23/h1-10,13,20H,11-12,14-15H2,(H,25,27)/t20-/m0/s1. The number of nitrogens with zero attached hydrogens (tertiary/aromatic N) is 1. The molecule has 0 unspecified atom stereocenters. The molecule has 4 rings (SSSR count). The lowest BCUT2D eigenvalue weighted by Gasteiger charge is -2.35. The molecule has 172 valence electrons. The molecule has 1 aliphatic heterocycles.